The number of allylic oxidation sites excluding steroid dienone is 2. The predicted octanol–water partition coefficient (Wildman–Crippen LogP) is 3.17. The molecule has 11 amide bonds. The smallest absolute Gasteiger partial charge is 0.273 e. The van der Waals surface area contributed by atoms with Gasteiger partial charge in [-0.1, -0.05) is 109 Å². The van der Waals surface area contributed by atoms with Gasteiger partial charge in [-0.2, -0.15) is 0 Å². The molecule has 1 heterocycles. The molecule has 1 aliphatic heterocycles. The molecule has 25 heteroatoms. The second kappa shape index (κ2) is 38.1. The number of carbonyl (C=O) groups is 11. The topological polar surface area (TPSA) is 291 Å². The van der Waals surface area contributed by atoms with Crippen LogP contribution in [0.5, 0.6) is 0 Å². The third-order valence-electron chi connectivity index (χ3n) is 17.0. The number of carbonyl (C=O) groups excluding carboxylic acids is 11. The van der Waals surface area contributed by atoms with Crippen LogP contribution in [0.3, 0.4) is 0 Å². The molecule has 1 rings (SSSR count). The first-order valence-corrected chi connectivity index (χ1v) is 32.7. The van der Waals surface area contributed by atoms with Crippen LogP contribution in [-0.4, -0.2) is 259 Å². The van der Waals surface area contributed by atoms with Gasteiger partial charge >= 0.3 is 0 Å². The van der Waals surface area contributed by atoms with E-state index < -0.39 is 155 Å². The van der Waals surface area contributed by atoms with Gasteiger partial charge in [0.1, 0.15) is 60.4 Å². The van der Waals surface area contributed by atoms with Gasteiger partial charge in [-0.15, -0.1) is 0 Å². The van der Waals surface area contributed by atoms with E-state index in [-0.39, 0.29) is 68.8 Å². The number of likely N-dealkylation sites (N-methyl/N-ethyl adjacent to an activating group) is 8. The number of nitrogens with zero attached hydrogens (tertiary/aromatic N) is 8. The highest BCUT2D eigenvalue weighted by atomic mass is 16.5. The fourth-order valence-electron chi connectivity index (χ4n) is 11.2. The van der Waals surface area contributed by atoms with E-state index in [1.54, 1.807) is 79.6 Å². The summed E-state index contributed by atoms with van der Waals surface area (Å²) in [5.41, 5.74) is 0. The zero-order chi connectivity index (χ0) is 70.5. The summed E-state index contributed by atoms with van der Waals surface area (Å²) in [5.74, 6) is -10.4. The Labute approximate surface area is 545 Å². The van der Waals surface area contributed by atoms with Crippen molar-refractivity contribution in [3.63, 3.8) is 0 Å². The highest BCUT2D eigenvalue weighted by molar-refractivity contribution is 6.00. The molecule has 522 valence electrons. The number of aliphatic hydroxyl groups excluding tert-OH is 1. The first-order valence-electron chi connectivity index (χ1n) is 32.7. The maximum atomic E-state index is 15.3. The van der Waals surface area contributed by atoms with Crippen molar-refractivity contribution in [1.29, 1.82) is 0 Å². The first-order chi connectivity index (χ1) is 42.0. The van der Waals surface area contributed by atoms with E-state index in [4.69, 9.17) is 4.74 Å². The Balaban J connectivity index is 4.52. The summed E-state index contributed by atoms with van der Waals surface area (Å²) in [6.07, 6.45) is 1.13. The monoisotopic (exact) mass is 1290 g/mol. The Bertz CT molecular complexity index is 2470. The summed E-state index contributed by atoms with van der Waals surface area (Å²) in [5, 5.41) is 23.3. The molecule has 1 unspecified atom stereocenters. The molecule has 13 atom stereocenters. The van der Waals surface area contributed by atoms with Crippen LogP contribution >= 0.6 is 0 Å². The largest absolute Gasteiger partial charge is 0.390 e. The van der Waals surface area contributed by atoms with Gasteiger partial charge in [-0.05, 0) is 115 Å². The molecule has 5 N–H and O–H groups in total. The van der Waals surface area contributed by atoms with Crippen LogP contribution in [0.25, 0.3) is 0 Å². The minimum Gasteiger partial charge on any atom is -0.390 e. The van der Waals surface area contributed by atoms with E-state index in [1.807, 2.05) is 55.4 Å². The third kappa shape index (κ3) is 23.7. The number of hydrogen-bond donors (Lipinski definition) is 5. The fraction of sp³-hybridized carbons (Fsp3) is 0.803. The van der Waals surface area contributed by atoms with Gasteiger partial charge in [0.15, 0.2) is 0 Å². The predicted molar refractivity (Wildman–Crippen MR) is 352 cm³/mol. The Morgan fingerprint density at radius 2 is 0.890 bits per heavy atom. The molecule has 0 radical (unpaired) electrons. The SMILES string of the molecule is C/C=C/C[C@@H](C)[C@@H](O)[C@H]1C(=O)N[C@@H](CC)C(=O)N(C)C(OCCN(C)C)C(=O)N(C)[C@@H](CC(C)C)C(=O)N[C@@H](C(C)C)C(=O)N(C)[C@@H](CC(C)C)C(=O)N[C@@H](C)C(=O)N[C@H](C)C(=O)N(C)[C@@H](CC(C)C)C(=O)N(C)[C@@H](CC(C)C)C(=O)N(C)[C@@H](C(C)C)C(=O)N1C. The van der Waals surface area contributed by atoms with Gasteiger partial charge in [0.2, 0.25) is 65.3 Å². The number of aliphatic hydroxyl groups is 1. The van der Waals surface area contributed by atoms with Crippen LogP contribution in [0.15, 0.2) is 12.2 Å². The summed E-state index contributed by atoms with van der Waals surface area (Å²) in [4.78, 5) is 173. The fourth-order valence-corrected chi connectivity index (χ4v) is 11.2. The summed E-state index contributed by atoms with van der Waals surface area (Å²) in [6.45, 7) is 30.0. The molecule has 0 aromatic heterocycles. The summed E-state index contributed by atoms with van der Waals surface area (Å²) < 4.78 is 6.24. The van der Waals surface area contributed by atoms with Crippen molar-refractivity contribution >= 4 is 65.0 Å². The quantitative estimate of drug-likeness (QED) is 0.116. The molecular formula is C66H120N12O13. The van der Waals surface area contributed by atoms with Crippen LogP contribution < -0.4 is 21.3 Å². The van der Waals surface area contributed by atoms with Gasteiger partial charge in [0, 0.05) is 55.9 Å². The van der Waals surface area contributed by atoms with Gasteiger partial charge in [-0.25, -0.2) is 0 Å². The van der Waals surface area contributed by atoms with Crippen LogP contribution in [0.1, 0.15) is 156 Å². The zero-order valence-corrected chi connectivity index (χ0v) is 60.2. The molecule has 0 spiro atoms. The molecule has 0 aliphatic carbocycles. The van der Waals surface area contributed by atoms with Crippen molar-refractivity contribution in [1.82, 2.24) is 60.5 Å². The molecule has 1 saturated heterocycles. The van der Waals surface area contributed by atoms with E-state index in [2.05, 4.69) is 21.3 Å². The van der Waals surface area contributed by atoms with Crippen molar-refractivity contribution in [3.8, 4) is 0 Å². The number of rotatable bonds is 19. The molecule has 0 aromatic rings. The van der Waals surface area contributed by atoms with Crippen molar-refractivity contribution in [2.24, 2.45) is 41.4 Å². The van der Waals surface area contributed by atoms with E-state index in [1.165, 1.54) is 87.7 Å². The average Bonchev–Trinajstić information content (AvgIpc) is 0.906. The van der Waals surface area contributed by atoms with E-state index >= 15 is 24.0 Å². The summed E-state index contributed by atoms with van der Waals surface area (Å²) in [7, 11) is 13.4. The molecule has 0 aromatic carbocycles. The van der Waals surface area contributed by atoms with Crippen molar-refractivity contribution in [2.75, 3.05) is 76.6 Å². The van der Waals surface area contributed by atoms with Crippen molar-refractivity contribution < 1.29 is 62.6 Å². The zero-order valence-electron chi connectivity index (χ0n) is 60.2. The second-order valence-electron chi connectivity index (χ2n) is 27.8. The lowest BCUT2D eigenvalue weighted by molar-refractivity contribution is -0.168. The van der Waals surface area contributed by atoms with Crippen LogP contribution in [0.4, 0.5) is 0 Å². The van der Waals surface area contributed by atoms with Crippen LogP contribution in [0, 0.1) is 41.4 Å². The number of ether oxygens (including phenoxy) is 1. The molecule has 1 fully saturated rings. The van der Waals surface area contributed by atoms with E-state index in [9.17, 15) is 33.9 Å². The maximum Gasteiger partial charge on any atom is 0.273 e. The molecule has 0 saturated carbocycles. The average molecular weight is 1290 g/mol. The molecule has 1 aliphatic rings. The lowest BCUT2D eigenvalue weighted by Gasteiger charge is -2.41. The van der Waals surface area contributed by atoms with Crippen LogP contribution in [0.2, 0.25) is 0 Å². The molecule has 0 bridgehead atoms. The van der Waals surface area contributed by atoms with Crippen LogP contribution in [-0.2, 0) is 57.5 Å². The van der Waals surface area contributed by atoms with Crippen molar-refractivity contribution in [3.05, 3.63) is 12.2 Å². The molecular weight excluding hydrogens is 1170 g/mol. The third-order valence-corrected chi connectivity index (χ3v) is 17.0. The highest BCUT2D eigenvalue weighted by Crippen LogP contribution is 2.26. The number of hydrogen-bond acceptors (Lipinski definition) is 14. The minimum absolute atomic E-state index is 0.0422. The summed E-state index contributed by atoms with van der Waals surface area (Å²) >= 11 is 0. The van der Waals surface area contributed by atoms with E-state index in [0.29, 0.717) is 6.54 Å². The summed E-state index contributed by atoms with van der Waals surface area (Å²) in [6, 6.07) is -12.8. The Morgan fingerprint density at radius 3 is 1.33 bits per heavy atom. The van der Waals surface area contributed by atoms with Crippen molar-refractivity contribution in [2.45, 2.75) is 229 Å². The Morgan fingerprint density at radius 1 is 0.473 bits per heavy atom. The normalized spacial score (nSPS) is 26.8. The van der Waals surface area contributed by atoms with E-state index in [0.717, 1.165) is 9.80 Å². The molecule has 25 nitrogen and oxygen atoms in total. The minimum atomic E-state index is -1.68. The Hall–Kier alpha value is -6.21. The second-order valence-corrected chi connectivity index (χ2v) is 27.8. The lowest BCUT2D eigenvalue weighted by Crippen LogP contribution is -2.64. The standard InChI is InChI=1S/C66H120N12O13/c1-27-29-30-43(15)54(79)53-58(83)69-46(28-2)60(85)78(26)66(91-32-31-71(18)19)65(90)73(21)48(34-38(5)6)57(82)70-51(41(11)12)63(88)72(20)47(33-37(3)4)56(81)67-44(16)55(80)68-45(17)59(84)74(22)49(35-39(7)8)61(86)75(23)50(36-40(9)10)62(87)76(24)52(42(13)14)64(89)77(53)25/h27,29,37-54,66,79H,28,30-36H2,1-26H3,(H,67,81)(H,68,80)(H,69,83)(H,70,82)/b29-27+/t43-,44+,45-,46+,47+,48+,49+,50+,51+,52+,53+,54-,66?/m1/s1. The van der Waals surface area contributed by atoms with Gasteiger partial charge in [-0.3, -0.25) is 52.7 Å². The van der Waals surface area contributed by atoms with Gasteiger partial charge in [0.05, 0.1) is 12.7 Å². The highest BCUT2D eigenvalue weighted by Gasteiger charge is 2.46. The first kappa shape index (κ1) is 82.8. The number of nitrogens with one attached hydrogen (secondary N) is 4. The van der Waals surface area contributed by atoms with Gasteiger partial charge in [0.25, 0.3) is 5.91 Å². The van der Waals surface area contributed by atoms with Gasteiger partial charge < -0.3 is 70.3 Å². The lowest BCUT2D eigenvalue weighted by atomic mass is 9.91. The molecule has 91 heavy (non-hydrogen) atoms. The number of amides is 11. The Kier molecular flexibility index (Phi) is 34.7. The maximum absolute atomic E-state index is 15.3.